The van der Waals surface area contributed by atoms with E-state index in [-0.39, 0.29) is 11.6 Å². The van der Waals surface area contributed by atoms with Gasteiger partial charge in [-0.2, -0.15) is 4.68 Å². The average Bonchev–Trinajstić information content (AvgIpc) is 3.12. The highest BCUT2D eigenvalue weighted by molar-refractivity contribution is 5.41. The Balaban J connectivity index is 1.84. The predicted molar refractivity (Wildman–Crippen MR) is 99.5 cm³/mol. The smallest absolute Gasteiger partial charge is 0.178 e. The van der Waals surface area contributed by atoms with Gasteiger partial charge in [-0.3, -0.25) is 4.90 Å². The van der Waals surface area contributed by atoms with E-state index >= 15 is 0 Å². The number of nitrogens with zero attached hydrogens (tertiary/aromatic N) is 5. The van der Waals surface area contributed by atoms with Crippen molar-refractivity contribution >= 4 is 0 Å². The van der Waals surface area contributed by atoms with Gasteiger partial charge in [0.2, 0.25) is 0 Å². The first-order chi connectivity index (χ1) is 12.5. The highest BCUT2D eigenvalue weighted by Crippen LogP contribution is 2.40. The maximum absolute atomic E-state index is 5.25. The molecule has 0 amide bonds. The first-order valence-corrected chi connectivity index (χ1v) is 8.75. The van der Waals surface area contributed by atoms with E-state index in [1.807, 2.05) is 28.9 Å². The monoisotopic (exact) mass is 349 g/mol. The zero-order valence-electron chi connectivity index (χ0n) is 15.5. The molecule has 4 rings (SSSR count). The van der Waals surface area contributed by atoms with E-state index in [1.165, 1.54) is 11.1 Å². The largest absolute Gasteiger partial charge is 0.497 e. The molecule has 1 atom stereocenters. The molecule has 3 aromatic rings. The molecule has 26 heavy (non-hydrogen) atoms. The van der Waals surface area contributed by atoms with Crippen LogP contribution in [0.2, 0.25) is 0 Å². The number of ether oxygens (including phenoxy) is 1. The minimum absolute atomic E-state index is 0.00736. The number of hydrogen-bond donors (Lipinski definition) is 0. The maximum Gasteiger partial charge on any atom is 0.178 e. The van der Waals surface area contributed by atoms with Gasteiger partial charge >= 0.3 is 0 Å². The molecule has 1 aliphatic heterocycles. The third-order valence-corrected chi connectivity index (χ3v) is 5.37. The zero-order valence-corrected chi connectivity index (χ0v) is 15.5. The standard InChI is InChI=1S/C20H23N5O/c1-20(2)13-14-7-5-6-8-17(14)18(24(20)3)19-21-22-23-25(19)15-9-11-16(26-4)12-10-15/h5-12,18H,13H2,1-4H3/t18-/m0/s1. The minimum Gasteiger partial charge on any atom is -0.497 e. The molecule has 0 spiro atoms. The van der Waals surface area contributed by atoms with Crippen LogP contribution in [0, 0.1) is 0 Å². The number of benzene rings is 2. The van der Waals surface area contributed by atoms with Gasteiger partial charge in [-0.25, -0.2) is 0 Å². The van der Waals surface area contributed by atoms with Crippen LogP contribution in [0.5, 0.6) is 5.75 Å². The van der Waals surface area contributed by atoms with Crippen molar-refractivity contribution in [2.75, 3.05) is 14.2 Å². The van der Waals surface area contributed by atoms with E-state index in [0.717, 1.165) is 23.7 Å². The summed E-state index contributed by atoms with van der Waals surface area (Å²) in [6.07, 6.45) is 1.00. The van der Waals surface area contributed by atoms with Gasteiger partial charge < -0.3 is 4.74 Å². The number of rotatable bonds is 3. The molecular weight excluding hydrogens is 326 g/mol. The predicted octanol–water partition coefficient (Wildman–Crippen LogP) is 3.03. The Labute approximate surface area is 153 Å². The second-order valence-corrected chi connectivity index (χ2v) is 7.35. The van der Waals surface area contributed by atoms with Crippen molar-refractivity contribution in [1.29, 1.82) is 0 Å². The third kappa shape index (κ3) is 2.66. The molecule has 0 saturated carbocycles. The Morgan fingerprint density at radius 3 is 2.54 bits per heavy atom. The molecule has 6 heteroatoms. The Bertz CT molecular complexity index is 916. The Hall–Kier alpha value is -2.73. The summed E-state index contributed by atoms with van der Waals surface area (Å²) in [6, 6.07) is 16.3. The lowest BCUT2D eigenvalue weighted by Crippen LogP contribution is -2.49. The molecular formula is C20H23N5O. The van der Waals surface area contributed by atoms with E-state index in [4.69, 9.17) is 4.74 Å². The van der Waals surface area contributed by atoms with E-state index in [1.54, 1.807) is 7.11 Å². The number of methoxy groups -OCH3 is 1. The molecule has 0 bridgehead atoms. The fourth-order valence-corrected chi connectivity index (χ4v) is 3.69. The zero-order chi connectivity index (χ0) is 18.3. The van der Waals surface area contributed by atoms with Crippen molar-refractivity contribution in [1.82, 2.24) is 25.1 Å². The van der Waals surface area contributed by atoms with Crippen molar-refractivity contribution in [2.24, 2.45) is 0 Å². The van der Waals surface area contributed by atoms with Crippen molar-refractivity contribution in [3.8, 4) is 11.4 Å². The van der Waals surface area contributed by atoms with Crippen molar-refractivity contribution in [3.63, 3.8) is 0 Å². The van der Waals surface area contributed by atoms with Crippen molar-refractivity contribution in [2.45, 2.75) is 31.8 Å². The topological polar surface area (TPSA) is 56.1 Å². The van der Waals surface area contributed by atoms with Gasteiger partial charge in [-0.1, -0.05) is 24.3 Å². The van der Waals surface area contributed by atoms with Crippen molar-refractivity contribution in [3.05, 3.63) is 65.5 Å². The summed E-state index contributed by atoms with van der Waals surface area (Å²) in [4.78, 5) is 2.36. The van der Waals surface area contributed by atoms with Crippen molar-refractivity contribution < 1.29 is 4.74 Å². The van der Waals surface area contributed by atoms with Crippen LogP contribution in [0.4, 0.5) is 0 Å². The van der Waals surface area contributed by atoms with E-state index in [2.05, 4.69) is 65.6 Å². The molecule has 0 N–H and O–H groups in total. The lowest BCUT2D eigenvalue weighted by atomic mass is 9.81. The summed E-state index contributed by atoms with van der Waals surface area (Å²) < 4.78 is 7.07. The number of aromatic nitrogens is 4. The van der Waals surface area contributed by atoms with E-state index < -0.39 is 0 Å². The van der Waals surface area contributed by atoms with Crippen LogP contribution >= 0.6 is 0 Å². The fourth-order valence-electron chi connectivity index (χ4n) is 3.69. The third-order valence-electron chi connectivity index (χ3n) is 5.37. The maximum atomic E-state index is 5.25. The SMILES string of the molecule is COc1ccc(-n2nnnc2[C@@H]2c3ccccc3CC(C)(C)N2C)cc1. The lowest BCUT2D eigenvalue weighted by Gasteiger charge is -2.45. The summed E-state index contributed by atoms with van der Waals surface area (Å²) in [6.45, 7) is 4.52. The Morgan fingerprint density at radius 1 is 1.08 bits per heavy atom. The van der Waals surface area contributed by atoms with Crippen LogP contribution in [0.15, 0.2) is 48.5 Å². The minimum atomic E-state index is -0.00736. The number of hydrogen-bond acceptors (Lipinski definition) is 5. The highest BCUT2D eigenvalue weighted by Gasteiger charge is 2.40. The molecule has 2 aromatic carbocycles. The van der Waals surface area contributed by atoms with E-state index in [9.17, 15) is 0 Å². The second kappa shape index (κ2) is 6.21. The summed E-state index contributed by atoms with van der Waals surface area (Å²) in [5.74, 6) is 1.63. The molecule has 0 aliphatic carbocycles. The van der Waals surface area contributed by atoms with Crippen LogP contribution in [0.25, 0.3) is 5.69 Å². The summed E-state index contributed by atoms with van der Waals surface area (Å²) in [7, 11) is 3.81. The fraction of sp³-hybridized carbons (Fsp3) is 0.350. The summed E-state index contributed by atoms with van der Waals surface area (Å²) in [5.41, 5.74) is 3.54. The molecule has 1 aromatic heterocycles. The highest BCUT2D eigenvalue weighted by atomic mass is 16.5. The first-order valence-electron chi connectivity index (χ1n) is 8.75. The second-order valence-electron chi connectivity index (χ2n) is 7.35. The molecule has 134 valence electrons. The number of fused-ring (bicyclic) bond motifs is 1. The lowest BCUT2D eigenvalue weighted by molar-refractivity contribution is 0.0993. The van der Waals surface area contributed by atoms with Gasteiger partial charge in [0.15, 0.2) is 5.82 Å². The molecule has 0 unspecified atom stereocenters. The molecule has 0 radical (unpaired) electrons. The molecule has 1 aliphatic rings. The Morgan fingerprint density at radius 2 is 1.81 bits per heavy atom. The Kier molecular flexibility index (Phi) is 4.00. The number of tetrazole rings is 1. The van der Waals surface area contributed by atoms with Crippen LogP contribution < -0.4 is 4.74 Å². The van der Waals surface area contributed by atoms with Gasteiger partial charge in [-0.15, -0.1) is 5.10 Å². The summed E-state index contributed by atoms with van der Waals surface area (Å²) >= 11 is 0. The molecule has 0 fully saturated rings. The normalized spacial score (nSPS) is 19.2. The van der Waals surface area contributed by atoms with Gasteiger partial charge in [0.05, 0.1) is 18.8 Å². The van der Waals surface area contributed by atoms with Crippen LogP contribution in [0.1, 0.15) is 36.8 Å². The first kappa shape index (κ1) is 16.7. The van der Waals surface area contributed by atoms with Gasteiger partial charge in [0.25, 0.3) is 0 Å². The van der Waals surface area contributed by atoms with Crippen LogP contribution in [-0.4, -0.2) is 44.8 Å². The summed E-state index contributed by atoms with van der Waals surface area (Å²) in [5, 5.41) is 12.6. The van der Waals surface area contributed by atoms with Gasteiger partial charge in [0.1, 0.15) is 5.75 Å². The quantitative estimate of drug-likeness (QED) is 0.727. The molecule has 0 saturated heterocycles. The molecule has 6 nitrogen and oxygen atoms in total. The van der Waals surface area contributed by atoms with Crippen LogP contribution in [-0.2, 0) is 6.42 Å². The van der Waals surface area contributed by atoms with Crippen LogP contribution in [0.3, 0.4) is 0 Å². The van der Waals surface area contributed by atoms with E-state index in [0.29, 0.717) is 0 Å². The number of likely N-dealkylation sites (N-methyl/N-ethyl adjacent to an activating group) is 1. The van der Waals surface area contributed by atoms with Gasteiger partial charge in [0, 0.05) is 5.54 Å². The average molecular weight is 349 g/mol. The molecule has 2 heterocycles. The van der Waals surface area contributed by atoms with Gasteiger partial charge in [-0.05, 0) is 73.1 Å².